The molecule has 0 aliphatic carbocycles. The van der Waals surface area contributed by atoms with Crippen molar-refractivity contribution in [3.05, 3.63) is 48.0 Å². The number of nitrogens with two attached hydrogens (primary N) is 1. The van der Waals surface area contributed by atoms with Gasteiger partial charge in [-0.05, 0) is 25.1 Å². The molecule has 2 unspecified atom stereocenters. The van der Waals surface area contributed by atoms with Gasteiger partial charge in [-0.15, -0.1) is 0 Å². The van der Waals surface area contributed by atoms with E-state index in [1.165, 1.54) is 0 Å². The monoisotopic (exact) mass is 246 g/mol. The molecule has 0 aromatic carbocycles. The van der Waals surface area contributed by atoms with E-state index in [1.54, 1.807) is 17.1 Å². The van der Waals surface area contributed by atoms with Gasteiger partial charge in [0.1, 0.15) is 6.10 Å². The molecule has 0 saturated carbocycles. The van der Waals surface area contributed by atoms with Crippen molar-refractivity contribution >= 4 is 0 Å². The zero-order valence-electron chi connectivity index (χ0n) is 10.7. The van der Waals surface area contributed by atoms with Gasteiger partial charge in [0.15, 0.2) is 0 Å². The van der Waals surface area contributed by atoms with Gasteiger partial charge in [-0.3, -0.25) is 9.67 Å². The predicted octanol–water partition coefficient (Wildman–Crippen LogP) is 1.27. The van der Waals surface area contributed by atoms with Crippen molar-refractivity contribution in [1.29, 1.82) is 0 Å². The Hall–Kier alpha value is -1.72. The molecule has 2 atom stereocenters. The lowest BCUT2D eigenvalue weighted by Gasteiger charge is -2.19. The molecule has 0 radical (unpaired) electrons. The van der Waals surface area contributed by atoms with Crippen LogP contribution in [0.25, 0.3) is 0 Å². The van der Waals surface area contributed by atoms with Crippen LogP contribution in [-0.2, 0) is 11.8 Å². The van der Waals surface area contributed by atoms with Gasteiger partial charge >= 0.3 is 0 Å². The van der Waals surface area contributed by atoms with Crippen LogP contribution in [0.15, 0.2) is 36.7 Å². The molecular weight excluding hydrogens is 228 g/mol. The van der Waals surface area contributed by atoms with E-state index in [0.717, 1.165) is 11.4 Å². The first-order valence-corrected chi connectivity index (χ1v) is 5.94. The van der Waals surface area contributed by atoms with Gasteiger partial charge in [-0.25, -0.2) is 0 Å². The van der Waals surface area contributed by atoms with Crippen molar-refractivity contribution in [2.45, 2.75) is 19.1 Å². The van der Waals surface area contributed by atoms with E-state index in [2.05, 4.69) is 10.1 Å². The molecule has 0 amide bonds. The largest absolute Gasteiger partial charge is 0.364 e. The van der Waals surface area contributed by atoms with Gasteiger partial charge in [0.2, 0.25) is 0 Å². The number of hydrogen-bond acceptors (Lipinski definition) is 4. The maximum Gasteiger partial charge on any atom is 0.141 e. The fourth-order valence-electron chi connectivity index (χ4n) is 1.74. The Bertz CT molecular complexity index is 481. The minimum atomic E-state index is -0.232. The molecule has 0 fully saturated rings. The first kappa shape index (κ1) is 12.7. The summed E-state index contributed by atoms with van der Waals surface area (Å²) in [4.78, 5) is 4.35. The minimum absolute atomic E-state index is 0.00978. The number of aryl methyl sites for hydroxylation is 1. The van der Waals surface area contributed by atoms with Crippen LogP contribution >= 0.6 is 0 Å². The van der Waals surface area contributed by atoms with Crippen molar-refractivity contribution in [2.24, 2.45) is 12.8 Å². The number of ether oxygens (including phenoxy) is 1. The molecule has 2 N–H and O–H groups in total. The first-order chi connectivity index (χ1) is 8.68. The molecule has 18 heavy (non-hydrogen) atoms. The lowest BCUT2D eigenvalue weighted by atomic mass is 10.1. The maximum absolute atomic E-state index is 5.87. The highest BCUT2D eigenvalue weighted by Gasteiger charge is 2.19. The molecule has 2 rings (SSSR count). The number of rotatable bonds is 5. The Labute approximate surface area is 107 Å². The normalized spacial score (nSPS) is 14.4. The van der Waals surface area contributed by atoms with Gasteiger partial charge in [0.05, 0.1) is 18.0 Å². The summed E-state index contributed by atoms with van der Waals surface area (Å²) in [6.45, 7) is 2.39. The van der Waals surface area contributed by atoms with E-state index < -0.39 is 0 Å². The van der Waals surface area contributed by atoms with Gasteiger partial charge in [-0.1, -0.05) is 6.07 Å². The van der Waals surface area contributed by atoms with Crippen LogP contribution in [0.5, 0.6) is 0 Å². The van der Waals surface area contributed by atoms with Crippen LogP contribution in [0.4, 0.5) is 0 Å². The summed E-state index contributed by atoms with van der Waals surface area (Å²) in [6, 6.07) is 7.69. The molecule has 5 heteroatoms. The number of pyridine rings is 1. The summed E-state index contributed by atoms with van der Waals surface area (Å²) in [5, 5.41) is 4.17. The summed E-state index contributed by atoms with van der Waals surface area (Å²) < 4.78 is 7.66. The van der Waals surface area contributed by atoms with Crippen LogP contribution in [0.2, 0.25) is 0 Å². The van der Waals surface area contributed by atoms with E-state index in [4.69, 9.17) is 10.5 Å². The molecule has 2 aromatic heterocycles. The van der Waals surface area contributed by atoms with Gasteiger partial charge in [-0.2, -0.15) is 5.10 Å². The molecule has 0 aliphatic heterocycles. The summed E-state index contributed by atoms with van der Waals surface area (Å²) in [6.07, 6.45) is 3.28. The highest BCUT2D eigenvalue weighted by molar-refractivity contribution is 5.19. The van der Waals surface area contributed by atoms with Crippen LogP contribution in [0.3, 0.4) is 0 Å². The second kappa shape index (κ2) is 5.75. The van der Waals surface area contributed by atoms with Crippen molar-refractivity contribution in [3.8, 4) is 0 Å². The fraction of sp³-hybridized carbons (Fsp3) is 0.385. The van der Waals surface area contributed by atoms with Crippen LogP contribution in [-0.4, -0.2) is 27.4 Å². The lowest BCUT2D eigenvalue weighted by molar-refractivity contribution is 0.0645. The third kappa shape index (κ3) is 2.94. The number of hydrogen-bond donors (Lipinski definition) is 1. The summed E-state index contributed by atoms with van der Waals surface area (Å²) >= 11 is 0. The van der Waals surface area contributed by atoms with Gasteiger partial charge in [0, 0.05) is 25.5 Å². The van der Waals surface area contributed by atoms with Gasteiger partial charge in [0.25, 0.3) is 0 Å². The second-order valence-electron chi connectivity index (χ2n) is 4.32. The van der Waals surface area contributed by atoms with Crippen LogP contribution in [0, 0.1) is 0 Å². The second-order valence-corrected chi connectivity index (χ2v) is 4.32. The van der Waals surface area contributed by atoms with Crippen molar-refractivity contribution in [3.63, 3.8) is 0 Å². The fourth-order valence-corrected chi connectivity index (χ4v) is 1.74. The minimum Gasteiger partial charge on any atom is -0.364 e. The first-order valence-electron chi connectivity index (χ1n) is 5.94. The molecule has 96 valence electrons. The Morgan fingerprint density at radius 1 is 1.33 bits per heavy atom. The molecule has 0 spiro atoms. The Morgan fingerprint density at radius 2 is 2.17 bits per heavy atom. The summed E-state index contributed by atoms with van der Waals surface area (Å²) in [5.41, 5.74) is 7.57. The number of nitrogens with zero attached hydrogens (tertiary/aromatic N) is 3. The molecule has 2 aromatic rings. The summed E-state index contributed by atoms with van der Waals surface area (Å²) in [5.74, 6) is 0. The van der Waals surface area contributed by atoms with E-state index in [-0.39, 0.29) is 12.1 Å². The molecule has 0 bridgehead atoms. The zero-order chi connectivity index (χ0) is 13.0. The SMILES string of the molecule is CC(N)COC(c1ccccn1)c1ccnn1C. The molecule has 0 aliphatic rings. The Morgan fingerprint density at radius 3 is 2.72 bits per heavy atom. The topological polar surface area (TPSA) is 66.0 Å². The zero-order valence-corrected chi connectivity index (χ0v) is 10.7. The molecule has 0 saturated heterocycles. The third-order valence-corrected chi connectivity index (χ3v) is 2.61. The lowest BCUT2D eigenvalue weighted by Crippen LogP contribution is -2.24. The predicted molar refractivity (Wildman–Crippen MR) is 68.9 cm³/mol. The molecular formula is C13H18N4O. The smallest absolute Gasteiger partial charge is 0.141 e. The van der Waals surface area contributed by atoms with Crippen LogP contribution in [0.1, 0.15) is 24.4 Å². The summed E-state index contributed by atoms with van der Waals surface area (Å²) in [7, 11) is 1.89. The Balaban J connectivity index is 2.26. The standard InChI is InChI=1S/C13H18N4O/c1-10(14)9-18-13(11-5-3-4-7-15-11)12-6-8-16-17(12)2/h3-8,10,13H,9,14H2,1-2H3. The van der Waals surface area contributed by atoms with E-state index in [9.17, 15) is 0 Å². The average molecular weight is 246 g/mol. The van der Waals surface area contributed by atoms with Crippen molar-refractivity contribution < 1.29 is 4.74 Å². The van der Waals surface area contributed by atoms with Gasteiger partial charge < -0.3 is 10.5 Å². The van der Waals surface area contributed by atoms with E-state index in [0.29, 0.717) is 6.61 Å². The van der Waals surface area contributed by atoms with Crippen molar-refractivity contribution in [2.75, 3.05) is 6.61 Å². The third-order valence-electron chi connectivity index (χ3n) is 2.61. The van der Waals surface area contributed by atoms with Crippen molar-refractivity contribution in [1.82, 2.24) is 14.8 Å². The molecule has 2 heterocycles. The van der Waals surface area contributed by atoms with Crippen LogP contribution < -0.4 is 5.73 Å². The maximum atomic E-state index is 5.87. The Kier molecular flexibility index (Phi) is 4.07. The van der Waals surface area contributed by atoms with E-state index in [1.807, 2.05) is 38.2 Å². The number of aromatic nitrogens is 3. The highest BCUT2D eigenvalue weighted by Crippen LogP contribution is 2.23. The molecule has 5 nitrogen and oxygen atoms in total. The van der Waals surface area contributed by atoms with E-state index >= 15 is 0 Å². The average Bonchev–Trinajstić information content (AvgIpc) is 2.77. The highest BCUT2D eigenvalue weighted by atomic mass is 16.5. The quantitative estimate of drug-likeness (QED) is 0.862.